The van der Waals surface area contributed by atoms with Crippen LogP contribution in [-0.2, 0) is 20.9 Å². The number of alkyl halides is 3. The van der Waals surface area contributed by atoms with Crippen LogP contribution in [0.2, 0.25) is 0 Å². The number of sulfonamides is 1. The molecular weight excluding hydrogens is 419 g/mol. The van der Waals surface area contributed by atoms with E-state index in [0.29, 0.717) is 63.1 Å². The summed E-state index contributed by atoms with van der Waals surface area (Å²) in [4.78, 5) is 4.07. The van der Waals surface area contributed by atoms with Crippen LogP contribution in [-0.4, -0.2) is 55.3 Å². The Morgan fingerprint density at radius 1 is 1.07 bits per heavy atom. The molecule has 0 spiro atoms. The predicted octanol–water partition coefficient (Wildman–Crippen LogP) is 3.64. The van der Waals surface area contributed by atoms with E-state index in [9.17, 15) is 21.6 Å². The number of piperidine rings is 1. The highest BCUT2D eigenvalue weighted by Gasteiger charge is 2.35. The largest absolute Gasteiger partial charge is 0.416 e. The summed E-state index contributed by atoms with van der Waals surface area (Å²) in [6, 6.07) is 5.31. The zero-order chi connectivity index (χ0) is 21.4. The zero-order valence-electron chi connectivity index (χ0n) is 16.4. The monoisotopic (exact) mass is 443 g/mol. The van der Waals surface area contributed by atoms with E-state index in [2.05, 4.69) is 10.3 Å². The minimum Gasteiger partial charge on any atom is -0.382 e. The van der Waals surface area contributed by atoms with E-state index in [1.54, 1.807) is 10.4 Å². The third-order valence-corrected chi connectivity index (χ3v) is 8.23. The maximum atomic E-state index is 13.0. The Morgan fingerprint density at radius 3 is 2.43 bits per heavy atom. The fourth-order valence-electron chi connectivity index (χ4n) is 4.11. The van der Waals surface area contributed by atoms with Gasteiger partial charge in [0.15, 0.2) is 0 Å². The van der Waals surface area contributed by atoms with Crippen molar-refractivity contribution in [3.8, 4) is 0 Å². The van der Waals surface area contributed by atoms with Crippen LogP contribution in [0.25, 0.3) is 10.9 Å². The lowest BCUT2D eigenvalue weighted by molar-refractivity contribution is -0.137. The molecule has 1 N–H and O–H groups in total. The summed E-state index contributed by atoms with van der Waals surface area (Å²) in [5, 5.41) is 3.61. The van der Waals surface area contributed by atoms with Crippen molar-refractivity contribution in [1.82, 2.24) is 9.29 Å². The fourth-order valence-corrected chi connectivity index (χ4v) is 6.04. The molecule has 30 heavy (non-hydrogen) atoms. The number of benzene rings is 1. The number of hydrogen-bond donors (Lipinski definition) is 1. The number of rotatable bonds is 4. The highest BCUT2D eigenvalue weighted by Crippen LogP contribution is 2.33. The number of aromatic nitrogens is 1. The minimum atomic E-state index is -4.41. The number of hydrogen-bond acceptors (Lipinski definition) is 5. The van der Waals surface area contributed by atoms with Crippen molar-refractivity contribution in [2.75, 3.05) is 31.6 Å². The van der Waals surface area contributed by atoms with Gasteiger partial charge in [-0.2, -0.15) is 13.2 Å². The third-order valence-electron chi connectivity index (χ3n) is 5.83. The molecule has 0 saturated carbocycles. The van der Waals surface area contributed by atoms with Crippen molar-refractivity contribution >= 4 is 26.6 Å². The number of fused-ring (bicyclic) bond motifs is 1. The third kappa shape index (κ3) is 4.40. The molecule has 0 unspecified atom stereocenters. The topological polar surface area (TPSA) is 71.5 Å². The predicted molar refractivity (Wildman–Crippen MR) is 108 cm³/mol. The summed E-state index contributed by atoms with van der Waals surface area (Å²) in [5.41, 5.74) is 0.250. The van der Waals surface area contributed by atoms with Gasteiger partial charge in [0.1, 0.15) is 0 Å². The number of halogens is 3. The van der Waals surface area contributed by atoms with E-state index in [0.717, 1.165) is 12.1 Å². The molecule has 1 aromatic carbocycles. The first-order valence-corrected chi connectivity index (χ1v) is 11.5. The molecule has 6 nitrogen and oxygen atoms in total. The standard InChI is InChI=1S/C20H24F3N3O3S/c21-20(22,23)14-1-2-17-18(3-8-24-19(17)13-14)25-15-4-9-26(10-5-15)30(27,28)16-6-11-29-12-7-16/h1-3,8,13,15-16H,4-7,9-12H2,(H,24,25). The van der Waals surface area contributed by atoms with Crippen molar-refractivity contribution in [2.45, 2.75) is 43.2 Å². The second kappa shape index (κ2) is 8.32. The van der Waals surface area contributed by atoms with E-state index in [-0.39, 0.29) is 16.8 Å². The van der Waals surface area contributed by atoms with Gasteiger partial charge in [-0.15, -0.1) is 0 Å². The summed E-state index contributed by atoms with van der Waals surface area (Å²) in [5.74, 6) is 0. The lowest BCUT2D eigenvalue weighted by Gasteiger charge is -2.35. The van der Waals surface area contributed by atoms with Gasteiger partial charge in [-0.25, -0.2) is 12.7 Å². The first-order chi connectivity index (χ1) is 14.2. The summed E-state index contributed by atoms with van der Waals surface area (Å²) in [6.45, 7) is 1.82. The van der Waals surface area contributed by atoms with Crippen molar-refractivity contribution in [1.29, 1.82) is 0 Å². The van der Waals surface area contributed by atoms with Crippen LogP contribution in [0.5, 0.6) is 0 Å². The molecule has 0 bridgehead atoms. The molecule has 4 rings (SSSR count). The second-order valence-corrected chi connectivity index (χ2v) is 9.98. The number of pyridine rings is 1. The maximum Gasteiger partial charge on any atom is 0.416 e. The zero-order valence-corrected chi connectivity index (χ0v) is 17.2. The van der Waals surface area contributed by atoms with Gasteiger partial charge in [-0.1, -0.05) is 6.07 Å². The van der Waals surface area contributed by atoms with Gasteiger partial charge < -0.3 is 10.1 Å². The van der Waals surface area contributed by atoms with Gasteiger partial charge in [-0.05, 0) is 43.9 Å². The molecule has 2 aliphatic heterocycles. The number of anilines is 1. The summed E-state index contributed by atoms with van der Waals surface area (Å²) in [7, 11) is -3.33. The summed E-state index contributed by atoms with van der Waals surface area (Å²) < 4.78 is 71.4. The molecule has 164 valence electrons. The van der Waals surface area contributed by atoms with Crippen molar-refractivity contribution in [2.24, 2.45) is 0 Å². The SMILES string of the molecule is O=S(=O)(C1CCOCC1)N1CCC(Nc2ccnc3cc(C(F)(F)F)ccc23)CC1. The van der Waals surface area contributed by atoms with Gasteiger partial charge in [0.25, 0.3) is 0 Å². The van der Waals surface area contributed by atoms with E-state index in [4.69, 9.17) is 4.74 Å². The Hall–Kier alpha value is -1.91. The molecule has 0 atom stereocenters. The number of ether oxygens (including phenoxy) is 1. The van der Waals surface area contributed by atoms with Crippen LogP contribution in [0.4, 0.5) is 18.9 Å². The molecule has 0 aliphatic carbocycles. The molecule has 2 aliphatic rings. The Balaban J connectivity index is 1.43. The van der Waals surface area contributed by atoms with Crippen LogP contribution >= 0.6 is 0 Å². The van der Waals surface area contributed by atoms with Crippen LogP contribution in [0.1, 0.15) is 31.2 Å². The van der Waals surface area contributed by atoms with Crippen molar-refractivity contribution in [3.05, 3.63) is 36.0 Å². The van der Waals surface area contributed by atoms with Crippen molar-refractivity contribution in [3.63, 3.8) is 0 Å². The highest BCUT2D eigenvalue weighted by molar-refractivity contribution is 7.89. The smallest absolute Gasteiger partial charge is 0.382 e. The molecule has 0 amide bonds. The van der Waals surface area contributed by atoms with Gasteiger partial charge in [0.05, 0.1) is 16.3 Å². The average Bonchev–Trinajstić information content (AvgIpc) is 2.74. The minimum absolute atomic E-state index is 0.0408. The molecule has 0 radical (unpaired) electrons. The van der Waals surface area contributed by atoms with Gasteiger partial charge in [0.2, 0.25) is 10.0 Å². The summed E-state index contributed by atoms with van der Waals surface area (Å²) in [6.07, 6.45) is -0.607. The quantitative estimate of drug-likeness (QED) is 0.781. The number of nitrogens with one attached hydrogen (secondary N) is 1. The fraction of sp³-hybridized carbons (Fsp3) is 0.550. The molecule has 1 aromatic heterocycles. The van der Waals surface area contributed by atoms with Gasteiger partial charge in [0, 0.05) is 49.6 Å². The average molecular weight is 443 g/mol. The van der Waals surface area contributed by atoms with Crippen LogP contribution in [0.3, 0.4) is 0 Å². The second-order valence-electron chi connectivity index (χ2n) is 7.76. The maximum absolute atomic E-state index is 13.0. The molecule has 2 saturated heterocycles. The van der Waals surface area contributed by atoms with Crippen LogP contribution in [0.15, 0.2) is 30.5 Å². The molecule has 2 fully saturated rings. The number of nitrogens with zero attached hydrogens (tertiary/aromatic N) is 2. The van der Waals surface area contributed by atoms with Crippen LogP contribution < -0.4 is 5.32 Å². The molecule has 2 aromatic rings. The van der Waals surface area contributed by atoms with E-state index in [1.807, 2.05) is 0 Å². The lowest BCUT2D eigenvalue weighted by atomic mass is 10.0. The van der Waals surface area contributed by atoms with Gasteiger partial charge >= 0.3 is 6.18 Å². The first-order valence-electron chi connectivity index (χ1n) is 10.0. The van der Waals surface area contributed by atoms with Gasteiger partial charge in [-0.3, -0.25) is 4.98 Å². The van der Waals surface area contributed by atoms with Crippen LogP contribution in [0, 0.1) is 0 Å². The Morgan fingerprint density at radius 2 is 1.77 bits per heavy atom. The molecule has 3 heterocycles. The van der Waals surface area contributed by atoms with E-state index in [1.165, 1.54) is 12.3 Å². The first kappa shape index (κ1) is 21.3. The Labute approximate surface area is 173 Å². The van der Waals surface area contributed by atoms with Crippen molar-refractivity contribution < 1.29 is 26.3 Å². The summed E-state index contributed by atoms with van der Waals surface area (Å²) >= 11 is 0. The Kier molecular flexibility index (Phi) is 5.91. The lowest BCUT2D eigenvalue weighted by Crippen LogP contribution is -2.47. The molecular formula is C20H24F3N3O3S. The van der Waals surface area contributed by atoms with E-state index < -0.39 is 21.8 Å². The highest BCUT2D eigenvalue weighted by atomic mass is 32.2. The molecule has 10 heteroatoms. The normalized spacial score (nSPS) is 20.5. The Bertz CT molecular complexity index is 999. The van der Waals surface area contributed by atoms with E-state index >= 15 is 0 Å².